The Morgan fingerprint density at radius 1 is 1.39 bits per heavy atom. The summed E-state index contributed by atoms with van der Waals surface area (Å²) >= 11 is 2.82. The quantitative estimate of drug-likeness (QED) is 0.766. The first-order valence-electron chi connectivity index (χ1n) is 7.18. The van der Waals surface area contributed by atoms with E-state index in [1.807, 2.05) is 0 Å². The Bertz CT molecular complexity index is 556. The van der Waals surface area contributed by atoms with Crippen molar-refractivity contribution >= 4 is 21.8 Å². The number of hydrogen-bond acceptors (Lipinski definition) is 4. The van der Waals surface area contributed by atoms with Crippen LogP contribution in [0.5, 0.6) is 0 Å². The van der Waals surface area contributed by atoms with Gasteiger partial charge >= 0.3 is 6.18 Å². The highest BCUT2D eigenvalue weighted by atomic mass is 79.9. The Morgan fingerprint density at radius 3 is 2.61 bits per heavy atom. The van der Waals surface area contributed by atoms with E-state index >= 15 is 0 Å². The summed E-state index contributed by atoms with van der Waals surface area (Å²) in [5, 5.41) is 6.26. The van der Waals surface area contributed by atoms with Crippen molar-refractivity contribution in [3.05, 3.63) is 15.9 Å². The lowest BCUT2D eigenvalue weighted by Crippen LogP contribution is -2.38. The molecule has 6 nitrogen and oxygen atoms in total. The van der Waals surface area contributed by atoms with Gasteiger partial charge in [0, 0.05) is 26.7 Å². The minimum atomic E-state index is -4.57. The molecule has 0 saturated carbocycles. The Kier molecular flexibility index (Phi) is 6.04. The van der Waals surface area contributed by atoms with Crippen LogP contribution in [0, 0.1) is 0 Å². The second kappa shape index (κ2) is 7.63. The molecule has 1 aromatic heterocycles. The number of aromatic nitrogens is 2. The molecule has 1 amide bonds. The topological polar surface area (TPSA) is 59.4 Å². The number of hydrogen-bond donors (Lipinski definition) is 1. The van der Waals surface area contributed by atoms with Crippen molar-refractivity contribution in [3.8, 4) is 0 Å². The van der Waals surface area contributed by atoms with Crippen molar-refractivity contribution in [1.82, 2.24) is 20.0 Å². The minimum absolute atomic E-state index is 0.258. The molecule has 1 fully saturated rings. The summed E-state index contributed by atoms with van der Waals surface area (Å²) in [6.45, 7) is 4.30. The van der Waals surface area contributed by atoms with E-state index in [-0.39, 0.29) is 10.2 Å². The molecule has 1 N–H and O–H groups in total. The Hall–Kier alpha value is -1.13. The van der Waals surface area contributed by atoms with Crippen LogP contribution in [0.25, 0.3) is 0 Å². The van der Waals surface area contributed by atoms with E-state index in [0.29, 0.717) is 30.9 Å². The summed E-state index contributed by atoms with van der Waals surface area (Å²) < 4.78 is 44.1. The van der Waals surface area contributed by atoms with E-state index in [9.17, 15) is 18.0 Å². The van der Waals surface area contributed by atoms with Crippen LogP contribution in [0.15, 0.2) is 4.47 Å². The summed E-state index contributed by atoms with van der Waals surface area (Å²) in [7, 11) is 1.16. The molecule has 10 heteroatoms. The van der Waals surface area contributed by atoms with Gasteiger partial charge in [-0.05, 0) is 28.9 Å². The van der Waals surface area contributed by atoms with Gasteiger partial charge < -0.3 is 10.1 Å². The Balaban J connectivity index is 1.86. The molecule has 1 saturated heterocycles. The van der Waals surface area contributed by atoms with Crippen LogP contribution in [-0.2, 0) is 18.0 Å². The molecule has 0 aliphatic carbocycles. The molecule has 23 heavy (non-hydrogen) atoms. The van der Waals surface area contributed by atoms with Crippen molar-refractivity contribution < 1.29 is 22.7 Å². The van der Waals surface area contributed by atoms with Crippen LogP contribution in [0.1, 0.15) is 22.6 Å². The molecule has 0 radical (unpaired) electrons. The predicted octanol–water partition coefficient (Wildman–Crippen LogP) is 1.65. The van der Waals surface area contributed by atoms with Gasteiger partial charge in [-0.25, -0.2) is 0 Å². The largest absolute Gasteiger partial charge is 0.434 e. The Labute approximate surface area is 140 Å². The van der Waals surface area contributed by atoms with Crippen LogP contribution < -0.4 is 5.32 Å². The fourth-order valence-electron chi connectivity index (χ4n) is 2.36. The first-order chi connectivity index (χ1) is 10.8. The molecule has 1 aromatic rings. The smallest absolute Gasteiger partial charge is 0.379 e. The minimum Gasteiger partial charge on any atom is -0.379 e. The molecular formula is C13H18BrF3N4O2. The highest BCUT2D eigenvalue weighted by Crippen LogP contribution is 2.36. The molecule has 2 heterocycles. The zero-order valence-electron chi connectivity index (χ0n) is 12.6. The highest BCUT2D eigenvalue weighted by Gasteiger charge is 2.39. The van der Waals surface area contributed by atoms with Gasteiger partial charge in [0.05, 0.1) is 17.7 Å². The third kappa shape index (κ3) is 4.67. The van der Waals surface area contributed by atoms with Crippen LogP contribution in [0.3, 0.4) is 0 Å². The molecule has 1 aliphatic rings. The summed E-state index contributed by atoms with van der Waals surface area (Å²) in [6, 6.07) is 0. The fraction of sp³-hybridized carbons (Fsp3) is 0.692. The number of morpholine rings is 1. The standard InChI is InChI=1S/C13H18BrF3N4O2/c1-20-11(13(15,16)17)9(14)10(19-20)12(22)18-3-2-4-21-5-7-23-8-6-21/h2-8H2,1H3,(H,18,22). The van der Waals surface area contributed by atoms with Gasteiger partial charge in [-0.15, -0.1) is 0 Å². The number of carbonyl (C=O) groups excluding carboxylic acids is 1. The summed E-state index contributed by atoms with van der Waals surface area (Å²) in [5.74, 6) is -0.620. The zero-order chi connectivity index (χ0) is 17.0. The number of halogens is 4. The van der Waals surface area contributed by atoms with E-state index < -0.39 is 17.8 Å². The SMILES string of the molecule is Cn1nc(C(=O)NCCCN2CCOCC2)c(Br)c1C(F)(F)F. The van der Waals surface area contributed by atoms with Gasteiger partial charge in [-0.3, -0.25) is 14.4 Å². The number of amides is 1. The first kappa shape index (κ1) is 18.2. The van der Waals surface area contributed by atoms with Crippen LogP contribution >= 0.6 is 15.9 Å². The van der Waals surface area contributed by atoms with Crippen LogP contribution in [0.4, 0.5) is 13.2 Å². The monoisotopic (exact) mass is 398 g/mol. The number of nitrogens with zero attached hydrogens (tertiary/aromatic N) is 3. The summed E-state index contributed by atoms with van der Waals surface area (Å²) in [4.78, 5) is 14.2. The average molecular weight is 399 g/mol. The maximum Gasteiger partial charge on any atom is 0.434 e. The van der Waals surface area contributed by atoms with E-state index in [1.54, 1.807) is 0 Å². The molecule has 0 unspecified atom stereocenters. The second-order valence-electron chi connectivity index (χ2n) is 5.20. The van der Waals surface area contributed by atoms with Gasteiger partial charge in [0.1, 0.15) is 0 Å². The Morgan fingerprint density at radius 2 is 2.04 bits per heavy atom. The predicted molar refractivity (Wildman–Crippen MR) is 80.1 cm³/mol. The molecule has 0 aromatic carbocycles. The number of ether oxygens (including phenoxy) is 1. The molecule has 2 rings (SSSR count). The molecule has 1 aliphatic heterocycles. The van der Waals surface area contributed by atoms with Gasteiger partial charge in [-0.1, -0.05) is 0 Å². The molecule has 0 atom stereocenters. The molecule has 0 spiro atoms. The van der Waals surface area contributed by atoms with Gasteiger partial charge in [0.2, 0.25) is 0 Å². The third-order valence-corrected chi connectivity index (χ3v) is 4.26. The lowest BCUT2D eigenvalue weighted by molar-refractivity contribution is -0.144. The number of carbonyl (C=O) groups is 1. The van der Waals surface area contributed by atoms with Crippen molar-refractivity contribution in [2.24, 2.45) is 7.05 Å². The third-order valence-electron chi connectivity index (χ3n) is 3.51. The van der Waals surface area contributed by atoms with Crippen LogP contribution in [-0.4, -0.2) is 60.0 Å². The van der Waals surface area contributed by atoms with E-state index in [4.69, 9.17) is 4.74 Å². The van der Waals surface area contributed by atoms with Gasteiger partial charge in [0.25, 0.3) is 5.91 Å². The maximum atomic E-state index is 12.9. The lowest BCUT2D eigenvalue weighted by Gasteiger charge is -2.26. The van der Waals surface area contributed by atoms with E-state index in [1.165, 1.54) is 0 Å². The van der Waals surface area contributed by atoms with Crippen molar-refractivity contribution in [3.63, 3.8) is 0 Å². The maximum absolute atomic E-state index is 12.9. The molecular weight excluding hydrogens is 381 g/mol. The normalized spacial score (nSPS) is 16.6. The number of aryl methyl sites for hydroxylation is 1. The lowest BCUT2D eigenvalue weighted by atomic mass is 10.3. The average Bonchev–Trinajstić information content (AvgIpc) is 2.79. The van der Waals surface area contributed by atoms with Crippen molar-refractivity contribution in [1.29, 1.82) is 0 Å². The zero-order valence-corrected chi connectivity index (χ0v) is 14.2. The highest BCUT2D eigenvalue weighted by molar-refractivity contribution is 9.10. The summed E-state index contributed by atoms with van der Waals surface area (Å²) in [6.07, 6.45) is -3.86. The van der Waals surface area contributed by atoms with E-state index in [2.05, 4.69) is 31.2 Å². The van der Waals surface area contributed by atoms with Crippen LogP contribution in [0.2, 0.25) is 0 Å². The van der Waals surface area contributed by atoms with Gasteiger partial charge in [0.15, 0.2) is 11.4 Å². The molecule has 130 valence electrons. The van der Waals surface area contributed by atoms with Gasteiger partial charge in [-0.2, -0.15) is 18.3 Å². The second-order valence-corrected chi connectivity index (χ2v) is 5.99. The molecule has 0 bridgehead atoms. The summed E-state index contributed by atoms with van der Waals surface area (Å²) in [5.41, 5.74) is -1.23. The number of rotatable bonds is 5. The number of nitrogens with one attached hydrogen (secondary N) is 1. The number of alkyl halides is 3. The fourth-order valence-corrected chi connectivity index (χ4v) is 3.10. The van der Waals surface area contributed by atoms with E-state index in [0.717, 1.165) is 26.7 Å². The van der Waals surface area contributed by atoms with Crippen molar-refractivity contribution in [2.75, 3.05) is 39.4 Å². The first-order valence-corrected chi connectivity index (χ1v) is 7.98. The van der Waals surface area contributed by atoms with Crippen molar-refractivity contribution in [2.45, 2.75) is 12.6 Å².